The first-order valence-corrected chi connectivity index (χ1v) is 15.6. The molecule has 0 aromatic carbocycles. The summed E-state index contributed by atoms with van der Waals surface area (Å²) in [6.45, 7) is -1.39. The zero-order valence-corrected chi connectivity index (χ0v) is 23.6. The minimum absolute atomic E-state index is 0.0177. The van der Waals surface area contributed by atoms with E-state index in [0.29, 0.717) is 0 Å². The molecule has 236 valence electrons. The second-order valence-electron chi connectivity index (χ2n) is 9.89. The van der Waals surface area contributed by atoms with Gasteiger partial charge in [-0.25, -0.2) is 23.9 Å². The van der Waals surface area contributed by atoms with E-state index in [4.69, 9.17) is 34.2 Å². The average Bonchev–Trinajstić information content (AvgIpc) is 3.72. The Morgan fingerprint density at radius 2 is 1.93 bits per heavy atom. The number of rotatable bonds is 2. The van der Waals surface area contributed by atoms with E-state index in [-0.39, 0.29) is 40.5 Å². The van der Waals surface area contributed by atoms with Crippen LogP contribution < -0.4 is 21.7 Å². The maximum atomic E-state index is 15.8. The molecule has 0 amide bonds. The highest BCUT2D eigenvalue weighted by Crippen LogP contribution is 2.50. The van der Waals surface area contributed by atoms with Gasteiger partial charge in [-0.2, -0.15) is 22.8 Å². The van der Waals surface area contributed by atoms with Gasteiger partial charge in [-0.05, 0) is 0 Å². The Hall–Kier alpha value is -3.74. The largest absolute Gasteiger partial charge is 0.472 e. The molecule has 3 aliphatic rings. The molecular weight excluding hydrogens is 638 g/mol. The van der Waals surface area contributed by atoms with Crippen molar-refractivity contribution < 1.29 is 45.0 Å². The fraction of sp³-hybridized carbons (Fsp3) is 0.526. The molecule has 1 unspecified atom stereocenters. The number of imidazole rings is 1. The van der Waals surface area contributed by atoms with E-state index in [2.05, 4.69) is 40.0 Å². The highest BCUT2D eigenvalue weighted by Gasteiger charge is 2.52. The number of fused-ring (bicyclic) bond motifs is 4. The SMILES string of the molecule is Nc1nc2c(nnn2[C@H]2C[C@@H]3OS(=O)(=O)NC[C@H]4O[C@@H](n5cnc6c(N)ncnc65)[C@H](F)[C@@H]4OP(=O)(O)OC[C@H]3O2)c(=O)[nH]1. The molecule has 4 aromatic rings. The molecule has 4 aromatic heterocycles. The van der Waals surface area contributed by atoms with Gasteiger partial charge in [0.15, 0.2) is 41.3 Å². The predicted octanol–water partition coefficient (Wildman–Crippen LogP) is -2.22. The minimum Gasteiger partial charge on any atom is -0.382 e. The summed E-state index contributed by atoms with van der Waals surface area (Å²) in [4.78, 5) is 40.8. The van der Waals surface area contributed by atoms with Gasteiger partial charge in [0.25, 0.3) is 5.56 Å². The zero-order valence-electron chi connectivity index (χ0n) is 21.9. The molecule has 44 heavy (non-hydrogen) atoms. The maximum Gasteiger partial charge on any atom is 0.472 e. The predicted molar refractivity (Wildman–Crippen MR) is 140 cm³/mol. The van der Waals surface area contributed by atoms with Crippen LogP contribution >= 0.6 is 7.82 Å². The van der Waals surface area contributed by atoms with E-state index >= 15 is 4.39 Å². The van der Waals surface area contributed by atoms with E-state index in [1.165, 1.54) is 10.9 Å². The Morgan fingerprint density at radius 1 is 1.11 bits per heavy atom. The molecule has 25 heteroatoms. The molecule has 7 N–H and O–H groups in total. The Kier molecular flexibility index (Phi) is 6.87. The number of halogens is 1. The van der Waals surface area contributed by atoms with Crippen molar-refractivity contribution in [3.63, 3.8) is 0 Å². The molecule has 3 fully saturated rings. The monoisotopic (exact) mass is 660 g/mol. The van der Waals surface area contributed by atoms with Crippen LogP contribution in [0, 0.1) is 0 Å². The van der Waals surface area contributed by atoms with Crippen LogP contribution in [0.5, 0.6) is 0 Å². The Labute approximate surface area is 243 Å². The number of H-pyrrole nitrogens is 1. The number of alkyl halides is 1. The molecule has 0 bridgehead atoms. The summed E-state index contributed by atoms with van der Waals surface area (Å²) in [6, 6.07) is 0. The Balaban J connectivity index is 1.15. The fourth-order valence-electron chi connectivity index (χ4n) is 5.15. The van der Waals surface area contributed by atoms with Gasteiger partial charge in [0, 0.05) is 13.0 Å². The van der Waals surface area contributed by atoms with Crippen molar-refractivity contribution in [2.24, 2.45) is 0 Å². The lowest BCUT2D eigenvalue weighted by Crippen LogP contribution is -2.43. The summed E-state index contributed by atoms with van der Waals surface area (Å²) in [7, 11) is -9.61. The number of nitrogen functional groups attached to an aromatic ring is 2. The summed E-state index contributed by atoms with van der Waals surface area (Å²) in [5.74, 6) is -0.218. The number of nitrogens with two attached hydrogens (primary N) is 2. The number of aromatic amines is 1. The third-order valence-electron chi connectivity index (χ3n) is 7.10. The van der Waals surface area contributed by atoms with Crippen LogP contribution in [0.4, 0.5) is 16.2 Å². The van der Waals surface area contributed by atoms with Crippen LogP contribution in [-0.2, 0) is 37.6 Å². The molecule has 7 rings (SSSR count). The topological polar surface area (TPSA) is 302 Å². The van der Waals surface area contributed by atoms with E-state index in [0.717, 1.165) is 11.0 Å². The zero-order chi connectivity index (χ0) is 31.0. The molecule has 0 radical (unpaired) electrons. The smallest absolute Gasteiger partial charge is 0.382 e. The summed E-state index contributed by atoms with van der Waals surface area (Å²) in [5, 5.41) is 7.59. The molecule has 0 aliphatic carbocycles. The van der Waals surface area contributed by atoms with Crippen molar-refractivity contribution >= 4 is 52.2 Å². The number of nitrogens with zero attached hydrogens (tertiary/aromatic N) is 8. The molecule has 22 nitrogen and oxygen atoms in total. The van der Waals surface area contributed by atoms with Crippen LogP contribution in [0.2, 0.25) is 0 Å². The number of ether oxygens (including phenoxy) is 2. The summed E-state index contributed by atoms with van der Waals surface area (Å²) in [6.07, 6.45) is -8.55. The fourth-order valence-corrected chi connectivity index (χ4v) is 7.07. The van der Waals surface area contributed by atoms with E-state index in [1.54, 1.807) is 0 Å². The number of phosphoric acid groups is 1. The molecule has 3 aliphatic heterocycles. The van der Waals surface area contributed by atoms with Crippen molar-refractivity contribution in [1.29, 1.82) is 0 Å². The first kappa shape index (κ1) is 29.0. The molecular formula is C19H22FN12O10PS. The number of phosphoric ester groups is 1. The van der Waals surface area contributed by atoms with Crippen molar-refractivity contribution in [3.05, 3.63) is 23.0 Å². The molecule has 7 heterocycles. The summed E-state index contributed by atoms with van der Waals surface area (Å²) < 4.78 is 86.3. The van der Waals surface area contributed by atoms with Gasteiger partial charge in [-0.15, -0.1) is 5.10 Å². The molecule has 0 spiro atoms. The molecule has 0 saturated carbocycles. The average molecular weight is 660 g/mol. The van der Waals surface area contributed by atoms with Gasteiger partial charge in [-0.1, -0.05) is 5.21 Å². The first-order valence-electron chi connectivity index (χ1n) is 12.7. The summed E-state index contributed by atoms with van der Waals surface area (Å²) in [5.41, 5.74) is 10.8. The van der Waals surface area contributed by atoms with E-state index in [1.807, 2.05) is 0 Å². The van der Waals surface area contributed by atoms with E-state index in [9.17, 15) is 22.7 Å². The van der Waals surface area contributed by atoms with Crippen molar-refractivity contribution in [3.8, 4) is 0 Å². The van der Waals surface area contributed by atoms with Crippen LogP contribution in [-0.4, -0.2) is 102 Å². The van der Waals surface area contributed by atoms with Gasteiger partial charge in [0.05, 0.1) is 12.9 Å². The quantitative estimate of drug-likeness (QED) is 0.142. The van der Waals surface area contributed by atoms with Crippen LogP contribution in [0.3, 0.4) is 0 Å². The van der Waals surface area contributed by atoms with Gasteiger partial charge in [0.1, 0.15) is 36.3 Å². The summed E-state index contributed by atoms with van der Waals surface area (Å²) >= 11 is 0. The van der Waals surface area contributed by atoms with Crippen LogP contribution in [0.1, 0.15) is 18.9 Å². The maximum absolute atomic E-state index is 15.8. The highest BCUT2D eigenvalue weighted by atomic mass is 32.2. The van der Waals surface area contributed by atoms with Crippen molar-refractivity contribution in [1.82, 2.24) is 49.2 Å². The van der Waals surface area contributed by atoms with Gasteiger partial charge >= 0.3 is 18.1 Å². The number of anilines is 2. The number of hydrogen-bond acceptors (Lipinski definition) is 17. The number of hydrogen-bond donors (Lipinski definition) is 5. The normalized spacial score (nSPS) is 34.4. The van der Waals surface area contributed by atoms with Crippen molar-refractivity contribution in [2.75, 3.05) is 24.6 Å². The Bertz CT molecular complexity index is 1970. The second kappa shape index (κ2) is 10.4. The first-order chi connectivity index (χ1) is 20.9. The molecule has 3 saturated heterocycles. The number of nitrogens with one attached hydrogen (secondary N) is 2. The van der Waals surface area contributed by atoms with Crippen molar-refractivity contribution in [2.45, 2.75) is 49.5 Å². The number of aromatic nitrogens is 9. The second-order valence-corrected chi connectivity index (χ2v) is 12.7. The standard InChI is InChI=1S/C19H22FN12O10PS/c20-10-13-7(40-18(10)31-5-25-11-14(21)23-4-24-15(11)31)2-26-44(36,37)42-6-1-9(39-8(6)3-38-43(34,35)41-13)32-16-12(29-30-32)17(33)28-19(22)27-16/h4-10,13,18,26H,1-3H2,(H,34,35)(H2,21,23,24)(H3,22,27,28,33)/t6-,7+,8+,9+,10+,13+,18+/m0/s1. The van der Waals surface area contributed by atoms with Gasteiger partial charge in [0.2, 0.25) is 5.95 Å². The van der Waals surface area contributed by atoms with Gasteiger partial charge in [-0.3, -0.25) is 27.6 Å². The lowest BCUT2D eigenvalue weighted by molar-refractivity contribution is -0.0504. The lowest BCUT2D eigenvalue weighted by atomic mass is 10.1. The third-order valence-corrected chi connectivity index (χ3v) is 9.11. The lowest BCUT2D eigenvalue weighted by Gasteiger charge is -2.25. The minimum atomic E-state index is -5.03. The molecule has 8 atom stereocenters. The van der Waals surface area contributed by atoms with Gasteiger partial charge < -0.3 is 25.8 Å². The van der Waals surface area contributed by atoms with E-state index < -0.39 is 79.9 Å². The highest BCUT2D eigenvalue weighted by molar-refractivity contribution is 7.84. The van der Waals surface area contributed by atoms with Crippen LogP contribution in [0.25, 0.3) is 22.3 Å². The third kappa shape index (κ3) is 5.08. The Morgan fingerprint density at radius 3 is 2.75 bits per heavy atom. The van der Waals surface area contributed by atoms with Crippen LogP contribution in [0.15, 0.2) is 17.4 Å².